The molecule has 0 aliphatic rings. The highest BCUT2D eigenvalue weighted by atomic mass is 79.9. The average Bonchev–Trinajstić information content (AvgIpc) is 2.27. The van der Waals surface area contributed by atoms with Gasteiger partial charge in [-0.25, -0.2) is 14.2 Å². The fourth-order valence-electron chi connectivity index (χ4n) is 1.33. The molecule has 82 valence electrons. The second-order valence-electron chi connectivity index (χ2n) is 3.31. The van der Waals surface area contributed by atoms with Gasteiger partial charge in [0.2, 0.25) is 0 Å². The first kappa shape index (κ1) is 11.0. The summed E-state index contributed by atoms with van der Waals surface area (Å²) in [4.78, 5) is 15.1. The molecule has 2 aromatic rings. The standard InChI is InChI=1S/C11H8BrFN2O/c12-9-5-14-11(16)15(7-9)6-8-1-3-10(13)4-2-8/h1-5,7H,6H2. The first-order valence-corrected chi connectivity index (χ1v) is 5.41. The van der Waals surface area contributed by atoms with Gasteiger partial charge in [0, 0.05) is 12.4 Å². The smallest absolute Gasteiger partial charge is 0.294 e. The van der Waals surface area contributed by atoms with Crippen LogP contribution in [0.25, 0.3) is 0 Å². The lowest BCUT2D eigenvalue weighted by Crippen LogP contribution is -2.22. The Bertz CT molecular complexity index is 551. The molecule has 0 aliphatic carbocycles. The molecule has 0 aliphatic heterocycles. The predicted molar refractivity (Wildman–Crippen MR) is 61.7 cm³/mol. The SMILES string of the molecule is O=c1ncc(Br)cn1Cc1ccc(F)cc1. The third kappa shape index (κ3) is 2.55. The van der Waals surface area contributed by atoms with Crippen molar-refractivity contribution >= 4 is 15.9 Å². The molecule has 0 saturated carbocycles. The monoisotopic (exact) mass is 282 g/mol. The minimum atomic E-state index is -0.326. The highest BCUT2D eigenvalue weighted by molar-refractivity contribution is 9.10. The van der Waals surface area contributed by atoms with Crippen LogP contribution in [-0.2, 0) is 6.54 Å². The summed E-state index contributed by atoms with van der Waals surface area (Å²) in [6.07, 6.45) is 3.10. The molecule has 2 rings (SSSR count). The van der Waals surface area contributed by atoms with Crippen molar-refractivity contribution in [3.05, 3.63) is 63.0 Å². The Balaban J connectivity index is 2.30. The van der Waals surface area contributed by atoms with Gasteiger partial charge in [-0.2, -0.15) is 0 Å². The zero-order valence-electron chi connectivity index (χ0n) is 8.23. The van der Waals surface area contributed by atoms with Crippen molar-refractivity contribution in [1.29, 1.82) is 0 Å². The zero-order valence-corrected chi connectivity index (χ0v) is 9.82. The summed E-state index contributed by atoms with van der Waals surface area (Å²) in [5.41, 5.74) is 0.524. The number of rotatable bonds is 2. The van der Waals surface area contributed by atoms with Crippen molar-refractivity contribution in [2.24, 2.45) is 0 Å². The molecule has 1 heterocycles. The summed E-state index contributed by atoms with van der Waals surface area (Å²) in [5.74, 6) is -0.288. The normalized spacial score (nSPS) is 10.4. The van der Waals surface area contributed by atoms with Gasteiger partial charge in [0.05, 0.1) is 11.0 Å². The van der Waals surface area contributed by atoms with Gasteiger partial charge < -0.3 is 0 Å². The molecule has 5 heteroatoms. The maximum atomic E-state index is 12.7. The maximum Gasteiger partial charge on any atom is 0.347 e. The van der Waals surface area contributed by atoms with Crippen LogP contribution in [-0.4, -0.2) is 9.55 Å². The van der Waals surface area contributed by atoms with Crippen LogP contribution in [0.1, 0.15) is 5.56 Å². The molecular formula is C11H8BrFN2O. The van der Waals surface area contributed by atoms with Crippen LogP contribution in [0.3, 0.4) is 0 Å². The molecule has 0 unspecified atom stereocenters. The van der Waals surface area contributed by atoms with Crippen LogP contribution in [0.15, 0.2) is 45.9 Å². The van der Waals surface area contributed by atoms with Gasteiger partial charge in [-0.3, -0.25) is 4.57 Å². The number of benzene rings is 1. The van der Waals surface area contributed by atoms with E-state index in [9.17, 15) is 9.18 Å². The molecule has 16 heavy (non-hydrogen) atoms. The third-order valence-electron chi connectivity index (χ3n) is 2.09. The molecule has 0 amide bonds. The Morgan fingerprint density at radius 3 is 2.69 bits per heavy atom. The third-order valence-corrected chi connectivity index (χ3v) is 2.50. The Hall–Kier alpha value is -1.49. The Morgan fingerprint density at radius 2 is 2.00 bits per heavy atom. The second-order valence-corrected chi connectivity index (χ2v) is 4.22. The molecular weight excluding hydrogens is 275 g/mol. The lowest BCUT2D eigenvalue weighted by molar-refractivity contribution is 0.625. The van der Waals surface area contributed by atoms with Crippen LogP contribution < -0.4 is 5.69 Å². The van der Waals surface area contributed by atoms with E-state index in [-0.39, 0.29) is 11.5 Å². The van der Waals surface area contributed by atoms with Gasteiger partial charge in [0.15, 0.2) is 0 Å². The first-order chi connectivity index (χ1) is 7.65. The summed E-state index contributed by atoms with van der Waals surface area (Å²) in [7, 11) is 0. The molecule has 0 N–H and O–H groups in total. The molecule has 1 aromatic carbocycles. The highest BCUT2D eigenvalue weighted by Crippen LogP contribution is 2.07. The highest BCUT2D eigenvalue weighted by Gasteiger charge is 2.00. The molecule has 0 spiro atoms. The number of aromatic nitrogens is 2. The quantitative estimate of drug-likeness (QED) is 0.846. The summed E-state index contributed by atoms with van der Waals surface area (Å²) in [5, 5.41) is 0. The van der Waals surface area contributed by atoms with Crippen molar-refractivity contribution in [1.82, 2.24) is 9.55 Å². The van der Waals surface area contributed by atoms with Gasteiger partial charge in [0.1, 0.15) is 5.82 Å². The Kier molecular flexibility index (Phi) is 3.14. The number of hydrogen-bond acceptors (Lipinski definition) is 2. The maximum absolute atomic E-state index is 12.7. The van der Waals surface area contributed by atoms with E-state index >= 15 is 0 Å². The van der Waals surface area contributed by atoms with Gasteiger partial charge in [-0.05, 0) is 33.6 Å². The van der Waals surface area contributed by atoms with E-state index in [1.54, 1.807) is 18.3 Å². The molecule has 0 saturated heterocycles. The van der Waals surface area contributed by atoms with Gasteiger partial charge in [-0.15, -0.1) is 0 Å². The molecule has 1 aromatic heterocycles. The zero-order chi connectivity index (χ0) is 11.5. The average molecular weight is 283 g/mol. The number of hydrogen-bond donors (Lipinski definition) is 0. The van der Waals surface area contributed by atoms with Gasteiger partial charge in [-0.1, -0.05) is 12.1 Å². The minimum Gasteiger partial charge on any atom is -0.294 e. The summed E-state index contributed by atoms with van der Waals surface area (Å²) in [6.45, 7) is 0.381. The number of halogens is 2. The molecule has 0 atom stereocenters. The Morgan fingerprint density at radius 1 is 1.31 bits per heavy atom. The van der Waals surface area contributed by atoms with Crippen molar-refractivity contribution in [2.45, 2.75) is 6.54 Å². The fourth-order valence-corrected chi connectivity index (χ4v) is 1.68. The van der Waals surface area contributed by atoms with E-state index in [1.165, 1.54) is 22.9 Å². The molecule has 0 bridgehead atoms. The Labute approximate surface area is 99.7 Å². The lowest BCUT2D eigenvalue weighted by atomic mass is 10.2. The van der Waals surface area contributed by atoms with Gasteiger partial charge in [0.25, 0.3) is 0 Å². The lowest BCUT2D eigenvalue weighted by Gasteiger charge is -2.04. The van der Waals surface area contributed by atoms with Gasteiger partial charge >= 0.3 is 5.69 Å². The summed E-state index contributed by atoms with van der Waals surface area (Å²) < 4.78 is 14.9. The largest absolute Gasteiger partial charge is 0.347 e. The first-order valence-electron chi connectivity index (χ1n) is 4.61. The molecule has 3 nitrogen and oxygen atoms in total. The summed E-state index contributed by atoms with van der Waals surface area (Å²) in [6, 6.07) is 6.02. The van der Waals surface area contributed by atoms with Crippen molar-refractivity contribution < 1.29 is 4.39 Å². The van der Waals surface area contributed by atoms with Crippen molar-refractivity contribution in [2.75, 3.05) is 0 Å². The minimum absolute atomic E-state index is 0.288. The van der Waals surface area contributed by atoms with E-state index in [2.05, 4.69) is 20.9 Å². The van der Waals surface area contributed by atoms with Crippen molar-refractivity contribution in [3.8, 4) is 0 Å². The predicted octanol–water partition coefficient (Wildman–Crippen LogP) is 2.19. The van der Waals surface area contributed by atoms with Crippen LogP contribution in [0.4, 0.5) is 4.39 Å². The van der Waals surface area contributed by atoms with E-state index in [0.29, 0.717) is 6.54 Å². The van der Waals surface area contributed by atoms with E-state index in [1.807, 2.05) is 0 Å². The van der Waals surface area contributed by atoms with Crippen LogP contribution in [0.2, 0.25) is 0 Å². The van der Waals surface area contributed by atoms with Crippen LogP contribution in [0, 0.1) is 5.82 Å². The van der Waals surface area contributed by atoms with E-state index in [0.717, 1.165) is 10.0 Å². The molecule has 0 radical (unpaired) electrons. The summed E-state index contributed by atoms with van der Waals surface area (Å²) >= 11 is 3.24. The molecule has 0 fully saturated rings. The van der Waals surface area contributed by atoms with Crippen molar-refractivity contribution in [3.63, 3.8) is 0 Å². The van der Waals surface area contributed by atoms with Crippen LogP contribution in [0.5, 0.6) is 0 Å². The van der Waals surface area contributed by atoms with Crippen LogP contribution >= 0.6 is 15.9 Å². The number of nitrogens with zero attached hydrogens (tertiary/aromatic N) is 2. The fraction of sp³-hybridized carbons (Fsp3) is 0.0909. The van der Waals surface area contributed by atoms with E-state index in [4.69, 9.17) is 0 Å². The van der Waals surface area contributed by atoms with E-state index < -0.39 is 0 Å². The topological polar surface area (TPSA) is 34.9 Å². The second kappa shape index (κ2) is 4.57.